The fourth-order valence-corrected chi connectivity index (χ4v) is 3.62. The standard InChI is InChI=1S/C17H27Br/c1-3-5-6-7-11-14-17(4-2,15-18)16-12-9-8-10-13-16/h8-10,12-13H,3-7,11,14-15H2,1-2H3. The SMILES string of the molecule is CCCCCCCC(CC)(CBr)c1ccccc1. The van der Waals surface area contributed by atoms with Gasteiger partial charge in [0.2, 0.25) is 0 Å². The molecule has 0 bridgehead atoms. The monoisotopic (exact) mass is 310 g/mol. The second-order valence-electron chi connectivity index (χ2n) is 5.30. The molecule has 0 nitrogen and oxygen atoms in total. The van der Waals surface area contributed by atoms with E-state index in [9.17, 15) is 0 Å². The van der Waals surface area contributed by atoms with Crippen molar-refractivity contribution in [2.75, 3.05) is 5.33 Å². The third-order valence-electron chi connectivity index (χ3n) is 4.08. The molecule has 0 saturated carbocycles. The zero-order chi connectivity index (χ0) is 13.3. The van der Waals surface area contributed by atoms with Crippen LogP contribution in [0.4, 0.5) is 0 Å². The van der Waals surface area contributed by atoms with Gasteiger partial charge < -0.3 is 0 Å². The van der Waals surface area contributed by atoms with E-state index in [2.05, 4.69) is 60.1 Å². The Morgan fingerprint density at radius 3 is 2.17 bits per heavy atom. The third kappa shape index (κ3) is 4.42. The molecular weight excluding hydrogens is 284 g/mol. The van der Waals surface area contributed by atoms with Crippen LogP contribution in [0.3, 0.4) is 0 Å². The summed E-state index contributed by atoms with van der Waals surface area (Å²) in [6.07, 6.45) is 9.38. The average molecular weight is 311 g/mol. The van der Waals surface area contributed by atoms with Gasteiger partial charge in [0.25, 0.3) is 0 Å². The van der Waals surface area contributed by atoms with E-state index in [4.69, 9.17) is 0 Å². The molecule has 1 aromatic carbocycles. The normalized spacial score (nSPS) is 14.4. The molecule has 1 heteroatoms. The van der Waals surface area contributed by atoms with Crippen molar-refractivity contribution in [3.8, 4) is 0 Å². The molecule has 0 saturated heterocycles. The minimum atomic E-state index is 0.341. The van der Waals surface area contributed by atoms with Crippen molar-refractivity contribution in [2.45, 2.75) is 64.2 Å². The maximum Gasteiger partial charge on any atom is 0.0128 e. The molecule has 0 N–H and O–H groups in total. The van der Waals surface area contributed by atoms with Crippen LogP contribution in [0.2, 0.25) is 0 Å². The third-order valence-corrected chi connectivity index (χ3v) is 5.15. The van der Waals surface area contributed by atoms with Crippen LogP contribution in [0.1, 0.15) is 64.4 Å². The maximum absolute atomic E-state index is 3.75. The first-order valence-corrected chi connectivity index (χ1v) is 8.52. The zero-order valence-corrected chi connectivity index (χ0v) is 13.5. The molecule has 1 aromatic rings. The fourth-order valence-electron chi connectivity index (χ4n) is 2.62. The maximum atomic E-state index is 3.75. The molecule has 0 radical (unpaired) electrons. The number of benzene rings is 1. The van der Waals surface area contributed by atoms with E-state index in [1.165, 1.54) is 50.5 Å². The number of hydrogen-bond acceptors (Lipinski definition) is 0. The molecule has 0 aliphatic heterocycles. The quantitative estimate of drug-likeness (QED) is 0.382. The minimum Gasteiger partial charge on any atom is -0.0918 e. The van der Waals surface area contributed by atoms with E-state index in [1.54, 1.807) is 0 Å². The van der Waals surface area contributed by atoms with Gasteiger partial charge in [-0.2, -0.15) is 0 Å². The molecular formula is C17H27Br. The molecule has 0 heterocycles. The van der Waals surface area contributed by atoms with Crippen LogP contribution in [0.25, 0.3) is 0 Å². The van der Waals surface area contributed by atoms with Crippen molar-refractivity contribution in [2.24, 2.45) is 0 Å². The molecule has 0 aliphatic carbocycles. The highest BCUT2D eigenvalue weighted by atomic mass is 79.9. The zero-order valence-electron chi connectivity index (χ0n) is 11.9. The summed E-state index contributed by atoms with van der Waals surface area (Å²) in [5, 5.41) is 1.08. The molecule has 0 fully saturated rings. The molecule has 102 valence electrons. The largest absolute Gasteiger partial charge is 0.0918 e. The van der Waals surface area contributed by atoms with E-state index in [-0.39, 0.29) is 0 Å². The highest BCUT2D eigenvalue weighted by Crippen LogP contribution is 2.35. The minimum absolute atomic E-state index is 0.341. The number of alkyl halides is 1. The summed E-state index contributed by atoms with van der Waals surface area (Å²) in [5.74, 6) is 0. The summed E-state index contributed by atoms with van der Waals surface area (Å²) in [6, 6.07) is 11.0. The number of rotatable bonds is 9. The molecule has 1 rings (SSSR count). The van der Waals surface area contributed by atoms with Crippen LogP contribution in [-0.2, 0) is 5.41 Å². The van der Waals surface area contributed by atoms with E-state index >= 15 is 0 Å². The summed E-state index contributed by atoms with van der Waals surface area (Å²) in [6.45, 7) is 4.60. The van der Waals surface area contributed by atoms with Crippen LogP contribution in [-0.4, -0.2) is 5.33 Å². The lowest BCUT2D eigenvalue weighted by Crippen LogP contribution is -2.27. The molecule has 0 amide bonds. The lowest BCUT2D eigenvalue weighted by molar-refractivity contribution is 0.404. The van der Waals surface area contributed by atoms with Crippen molar-refractivity contribution < 1.29 is 0 Å². The average Bonchev–Trinajstić information content (AvgIpc) is 2.44. The number of unbranched alkanes of at least 4 members (excludes halogenated alkanes) is 4. The fraction of sp³-hybridized carbons (Fsp3) is 0.647. The summed E-state index contributed by atoms with van der Waals surface area (Å²) in [5.41, 5.74) is 1.84. The Morgan fingerprint density at radius 1 is 0.944 bits per heavy atom. The van der Waals surface area contributed by atoms with E-state index < -0.39 is 0 Å². The van der Waals surface area contributed by atoms with Crippen molar-refractivity contribution in [3.05, 3.63) is 35.9 Å². The number of halogens is 1. The van der Waals surface area contributed by atoms with Gasteiger partial charge in [0.1, 0.15) is 0 Å². The van der Waals surface area contributed by atoms with Gasteiger partial charge in [-0.1, -0.05) is 92.2 Å². The van der Waals surface area contributed by atoms with Crippen LogP contribution >= 0.6 is 15.9 Å². The lowest BCUT2D eigenvalue weighted by Gasteiger charge is -2.31. The first-order chi connectivity index (χ1) is 8.79. The van der Waals surface area contributed by atoms with E-state index in [1.807, 2.05) is 0 Å². The molecule has 0 aromatic heterocycles. The van der Waals surface area contributed by atoms with Crippen LogP contribution < -0.4 is 0 Å². The Hall–Kier alpha value is -0.300. The molecule has 0 aliphatic rings. The predicted molar refractivity (Wildman–Crippen MR) is 85.6 cm³/mol. The van der Waals surface area contributed by atoms with Gasteiger partial charge in [0, 0.05) is 10.7 Å². The van der Waals surface area contributed by atoms with Gasteiger partial charge in [0.05, 0.1) is 0 Å². The second kappa shape index (κ2) is 8.74. The molecule has 1 unspecified atom stereocenters. The Kier molecular flexibility index (Phi) is 7.65. The summed E-state index contributed by atoms with van der Waals surface area (Å²) in [7, 11) is 0. The highest BCUT2D eigenvalue weighted by molar-refractivity contribution is 9.09. The summed E-state index contributed by atoms with van der Waals surface area (Å²) >= 11 is 3.75. The van der Waals surface area contributed by atoms with Crippen molar-refractivity contribution in [1.29, 1.82) is 0 Å². The Morgan fingerprint density at radius 2 is 1.61 bits per heavy atom. The smallest absolute Gasteiger partial charge is 0.0128 e. The van der Waals surface area contributed by atoms with Gasteiger partial charge in [-0.15, -0.1) is 0 Å². The van der Waals surface area contributed by atoms with Crippen LogP contribution in [0.15, 0.2) is 30.3 Å². The Bertz CT molecular complexity index is 301. The Labute approximate surface area is 121 Å². The van der Waals surface area contributed by atoms with Gasteiger partial charge in [-0.25, -0.2) is 0 Å². The van der Waals surface area contributed by atoms with Crippen molar-refractivity contribution >= 4 is 15.9 Å². The summed E-state index contributed by atoms with van der Waals surface area (Å²) in [4.78, 5) is 0. The first kappa shape index (κ1) is 15.8. The van der Waals surface area contributed by atoms with Gasteiger partial charge in [0.15, 0.2) is 0 Å². The van der Waals surface area contributed by atoms with Gasteiger partial charge in [-0.05, 0) is 18.4 Å². The van der Waals surface area contributed by atoms with Crippen LogP contribution in [0, 0.1) is 0 Å². The van der Waals surface area contributed by atoms with Crippen LogP contribution in [0.5, 0.6) is 0 Å². The summed E-state index contributed by atoms with van der Waals surface area (Å²) < 4.78 is 0. The molecule has 1 atom stereocenters. The first-order valence-electron chi connectivity index (χ1n) is 7.40. The lowest BCUT2D eigenvalue weighted by atomic mass is 9.76. The van der Waals surface area contributed by atoms with Gasteiger partial charge >= 0.3 is 0 Å². The Balaban J connectivity index is 2.58. The molecule has 18 heavy (non-hydrogen) atoms. The molecule has 0 spiro atoms. The van der Waals surface area contributed by atoms with Crippen molar-refractivity contribution in [1.82, 2.24) is 0 Å². The number of hydrogen-bond donors (Lipinski definition) is 0. The second-order valence-corrected chi connectivity index (χ2v) is 5.86. The van der Waals surface area contributed by atoms with E-state index in [0.29, 0.717) is 5.41 Å². The highest BCUT2D eigenvalue weighted by Gasteiger charge is 2.28. The topological polar surface area (TPSA) is 0 Å². The van der Waals surface area contributed by atoms with Gasteiger partial charge in [-0.3, -0.25) is 0 Å². The van der Waals surface area contributed by atoms with Crippen molar-refractivity contribution in [3.63, 3.8) is 0 Å². The van der Waals surface area contributed by atoms with E-state index in [0.717, 1.165) is 5.33 Å². The predicted octanol–water partition coefficient (Wildman–Crippen LogP) is 6.09.